The quantitative estimate of drug-likeness (QED) is 0.822. The van der Waals surface area contributed by atoms with Crippen molar-refractivity contribution in [1.82, 2.24) is 0 Å². The van der Waals surface area contributed by atoms with Gasteiger partial charge in [0.2, 0.25) is 0 Å². The lowest BCUT2D eigenvalue weighted by atomic mass is 9.85. The Labute approximate surface area is 128 Å². The SMILES string of the molecule is CCC1CCCC(Oc2cccc(Br)c2C(N)=S)C1. The van der Waals surface area contributed by atoms with E-state index < -0.39 is 0 Å². The Morgan fingerprint density at radius 2 is 2.26 bits per heavy atom. The number of halogens is 1. The molecule has 0 heterocycles. The van der Waals surface area contributed by atoms with Crippen molar-refractivity contribution < 1.29 is 4.74 Å². The largest absolute Gasteiger partial charge is 0.490 e. The number of hydrogen-bond acceptors (Lipinski definition) is 2. The van der Waals surface area contributed by atoms with Crippen molar-refractivity contribution in [3.63, 3.8) is 0 Å². The highest BCUT2D eigenvalue weighted by molar-refractivity contribution is 9.10. The van der Waals surface area contributed by atoms with Gasteiger partial charge in [0.05, 0.1) is 11.7 Å². The summed E-state index contributed by atoms with van der Waals surface area (Å²) in [4.78, 5) is 0.380. The Morgan fingerprint density at radius 1 is 1.47 bits per heavy atom. The van der Waals surface area contributed by atoms with Gasteiger partial charge < -0.3 is 10.5 Å². The summed E-state index contributed by atoms with van der Waals surface area (Å²) in [6.07, 6.45) is 6.37. The standard InChI is InChI=1S/C15H20BrNOS/c1-2-10-5-3-6-11(9-10)18-13-8-4-7-12(16)14(13)15(17)19/h4,7-8,10-11H,2-3,5-6,9H2,1H3,(H2,17,19). The zero-order valence-electron chi connectivity index (χ0n) is 11.2. The predicted molar refractivity (Wildman–Crippen MR) is 86.7 cm³/mol. The summed E-state index contributed by atoms with van der Waals surface area (Å²) in [5.41, 5.74) is 6.61. The summed E-state index contributed by atoms with van der Waals surface area (Å²) in [5, 5.41) is 0. The molecular weight excluding hydrogens is 322 g/mol. The zero-order valence-corrected chi connectivity index (χ0v) is 13.6. The van der Waals surface area contributed by atoms with Crippen LogP contribution in [0.5, 0.6) is 5.75 Å². The van der Waals surface area contributed by atoms with Crippen LogP contribution in [0.15, 0.2) is 22.7 Å². The van der Waals surface area contributed by atoms with Crippen LogP contribution in [0, 0.1) is 5.92 Å². The van der Waals surface area contributed by atoms with Crippen molar-refractivity contribution in [2.45, 2.75) is 45.1 Å². The van der Waals surface area contributed by atoms with Gasteiger partial charge in [-0.25, -0.2) is 0 Å². The third-order valence-corrected chi connectivity index (χ3v) is 4.69. The van der Waals surface area contributed by atoms with Crippen molar-refractivity contribution in [3.8, 4) is 5.75 Å². The lowest BCUT2D eigenvalue weighted by Crippen LogP contribution is -2.26. The summed E-state index contributed by atoms with van der Waals surface area (Å²) >= 11 is 8.61. The minimum absolute atomic E-state index is 0.293. The second kappa shape index (κ2) is 6.71. The van der Waals surface area contributed by atoms with E-state index in [4.69, 9.17) is 22.7 Å². The fourth-order valence-electron chi connectivity index (χ4n) is 2.74. The molecule has 19 heavy (non-hydrogen) atoms. The van der Waals surface area contributed by atoms with Gasteiger partial charge in [0.15, 0.2) is 0 Å². The average molecular weight is 342 g/mol. The van der Waals surface area contributed by atoms with Gasteiger partial charge in [-0.1, -0.05) is 38.0 Å². The number of rotatable bonds is 4. The van der Waals surface area contributed by atoms with Crippen molar-refractivity contribution in [3.05, 3.63) is 28.2 Å². The third-order valence-electron chi connectivity index (χ3n) is 3.83. The van der Waals surface area contributed by atoms with Crippen LogP contribution < -0.4 is 10.5 Å². The molecule has 2 rings (SSSR count). The molecule has 104 valence electrons. The minimum atomic E-state index is 0.293. The molecule has 2 unspecified atom stereocenters. The smallest absolute Gasteiger partial charge is 0.131 e. The Balaban J connectivity index is 2.14. The van der Waals surface area contributed by atoms with Gasteiger partial charge in [0.25, 0.3) is 0 Å². The van der Waals surface area contributed by atoms with Gasteiger partial charge in [0, 0.05) is 4.47 Å². The fourth-order valence-corrected chi connectivity index (χ4v) is 3.64. The summed E-state index contributed by atoms with van der Waals surface area (Å²) < 4.78 is 7.07. The molecule has 0 radical (unpaired) electrons. The van der Waals surface area contributed by atoms with E-state index in [0.29, 0.717) is 11.1 Å². The molecule has 1 aliphatic carbocycles. The minimum Gasteiger partial charge on any atom is -0.490 e. The Hall–Kier alpha value is -0.610. The normalized spacial score (nSPS) is 23.1. The van der Waals surface area contributed by atoms with Crippen LogP contribution in [0.4, 0.5) is 0 Å². The molecule has 1 aliphatic rings. The van der Waals surface area contributed by atoms with Crippen molar-refractivity contribution in [2.75, 3.05) is 0 Å². The molecule has 2 nitrogen and oxygen atoms in total. The molecule has 0 aromatic heterocycles. The van der Waals surface area contributed by atoms with E-state index in [9.17, 15) is 0 Å². The number of benzene rings is 1. The van der Waals surface area contributed by atoms with Crippen LogP contribution in [-0.2, 0) is 0 Å². The second-order valence-corrected chi connectivity index (χ2v) is 6.45. The number of nitrogens with two attached hydrogens (primary N) is 1. The molecule has 0 saturated heterocycles. The number of hydrogen-bond donors (Lipinski definition) is 1. The molecular formula is C15H20BrNOS. The second-order valence-electron chi connectivity index (χ2n) is 5.16. The van der Waals surface area contributed by atoms with E-state index >= 15 is 0 Å². The molecule has 1 aromatic carbocycles. The van der Waals surface area contributed by atoms with Gasteiger partial charge in [-0.3, -0.25) is 0 Å². The summed E-state index contributed by atoms with van der Waals surface area (Å²) in [6, 6.07) is 5.85. The molecule has 0 aliphatic heterocycles. The first-order valence-electron chi connectivity index (χ1n) is 6.86. The van der Waals surface area contributed by atoms with Crippen molar-refractivity contribution in [1.29, 1.82) is 0 Å². The van der Waals surface area contributed by atoms with E-state index in [0.717, 1.165) is 34.5 Å². The van der Waals surface area contributed by atoms with Gasteiger partial charge in [-0.15, -0.1) is 0 Å². The van der Waals surface area contributed by atoms with E-state index in [1.54, 1.807) is 0 Å². The third kappa shape index (κ3) is 3.69. The molecule has 0 amide bonds. The molecule has 2 atom stereocenters. The molecule has 1 aromatic rings. The highest BCUT2D eigenvalue weighted by Crippen LogP contribution is 2.33. The first-order chi connectivity index (χ1) is 9.11. The van der Waals surface area contributed by atoms with E-state index in [2.05, 4.69) is 22.9 Å². The molecule has 0 spiro atoms. The first kappa shape index (κ1) is 14.8. The Morgan fingerprint density at radius 3 is 2.95 bits per heavy atom. The summed E-state index contributed by atoms with van der Waals surface area (Å²) in [7, 11) is 0. The van der Waals surface area contributed by atoms with Crippen molar-refractivity contribution >= 4 is 33.1 Å². The lowest BCUT2D eigenvalue weighted by Gasteiger charge is -2.29. The monoisotopic (exact) mass is 341 g/mol. The Kier molecular flexibility index (Phi) is 5.22. The average Bonchev–Trinajstić information content (AvgIpc) is 2.38. The maximum atomic E-state index is 6.16. The van der Waals surface area contributed by atoms with Crippen LogP contribution in [-0.4, -0.2) is 11.1 Å². The Bertz CT molecular complexity index is 463. The number of thiocarbonyl (C=S) groups is 1. The van der Waals surface area contributed by atoms with E-state index in [1.807, 2.05) is 18.2 Å². The number of ether oxygens (including phenoxy) is 1. The molecule has 4 heteroatoms. The molecule has 1 fully saturated rings. The molecule has 1 saturated carbocycles. The lowest BCUT2D eigenvalue weighted by molar-refractivity contribution is 0.122. The van der Waals surface area contributed by atoms with Crippen molar-refractivity contribution in [2.24, 2.45) is 11.7 Å². The van der Waals surface area contributed by atoms with Crippen LogP contribution in [0.2, 0.25) is 0 Å². The van der Waals surface area contributed by atoms with Gasteiger partial charge in [0.1, 0.15) is 10.7 Å². The van der Waals surface area contributed by atoms with Gasteiger partial charge in [-0.2, -0.15) is 0 Å². The van der Waals surface area contributed by atoms with Gasteiger partial charge >= 0.3 is 0 Å². The maximum absolute atomic E-state index is 6.16. The van der Waals surface area contributed by atoms with Crippen LogP contribution >= 0.6 is 28.1 Å². The van der Waals surface area contributed by atoms with E-state index in [-0.39, 0.29) is 0 Å². The predicted octanol–water partition coefficient (Wildman–Crippen LogP) is 4.43. The van der Waals surface area contributed by atoms with E-state index in [1.165, 1.54) is 19.3 Å². The summed E-state index contributed by atoms with van der Waals surface area (Å²) in [6.45, 7) is 2.26. The van der Waals surface area contributed by atoms with Crippen LogP contribution in [0.1, 0.15) is 44.6 Å². The topological polar surface area (TPSA) is 35.2 Å². The van der Waals surface area contributed by atoms with Gasteiger partial charge in [-0.05, 0) is 53.2 Å². The van der Waals surface area contributed by atoms with Crippen LogP contribution in [0.3, 0.4) is 0 Å². The fraction of sp³-hybridized carbons (Fsp3) is 0.533. The first-order valence-corrected chi connectivity index (χ1v) is 8.07. The molecule has 0 bridgehead atoms. The van der Waals surface area contributed by atoms with Crippen LogP contribution in [0.25, 0.3) is 0 Å². The highest BCUT2D eigenvalue weighted by Gasteiger charge is 2.23. The molecule has 2 N–H and O–H groups in total. The summed E-state index contributed by atoms with van der Waals surface area (Å²) in [5.74, 6) is 1.60. The zero-order chi connectivity index (χ0) is 13.8. The highest BCUT2D eigenvalue weighted by atomic mass is 79.9. The maximum Gasteiger partial charge on any atom is 0.131 e.